The largest absolute Gasteiger partial charge is 0.433 e. The smallest absolute Gasteiger partial charge is 0.324 e. The summed E-state index contributed by atoms with van der Waals surface area (Å²) in [6.07, 6.45) is -3.68. The minimum absolute atomic E-state index is 0.0595. The summed E-state index contributed by atoms with van der Waals surface area (Å²) in [6, 6.07) is 2.71. The van der Waals surface area contributed by atoms with Crippen molar-refractivity contribution in [3.8, 4) is 11.5 Å². The van der Waals surface area contributed by atoms with Crippen LogP contribution >= 0.6 is 0 Å². The van der Waals surface area contributed by atoms with Crippen LogP contribution in [0.15, 0.2) is 29.3 Å². The first-order valence-corrected chi connectivity index (χ1v) is 8.99. The van der Waals surface area contributed by atoms with Gasteiger partial charge in [-0.05, 0) is 18.2 Å². The number of nitrogens with zero attached hydrogens (tertiary/aromatic N) is 4. The number of hydrogen-bond donors (Lipinski definition) is 0. The minimum Gasteiger partial charge on any atom is -0.324 e. The second-order valence-electron chi connectivity index (χ2n) is 5.43. The molecule has 0 N–H and O–H groups in total. The van der Waals surface area contributed by atoms with Gasteiger partial charge < -0.3 is 4.57 Å². The van der Waals surface area contributed by atoms with Crippen LogP contribution in [0, 0.1) is 5.95 Å². The quantitative estimate of drug-likeness (QED) is 0.509. The molecular formula is C15H12F4N4O2S. The molecule has 0 unspecified atom stereocenters. The number of imidazole rings is 1. The lowest BCUT2D eigenvalue weighted by atomic mass is 10.3. The summed E-state index contributed by atoms with van der Waals surface area (Å²) >= 11 is 0. The summed E-state index contributed by atoms with van der Waals surface area (Å²) in [5.74, 6) is -1.26. The molecule has 3 aromatic rings. The Bertz CT molecular complexity index is 1110. The summed E-state index contributed by atoms with van der Waals surface area (Å²) in [7, 11) is -2.30. The molecule has 0 atom stereocenters. The van der Waals surface area contributed by atoms with Crippen LogP contribution < -0.4 is 0 Å². The molecule has 26 heavy (non-hydrogen) atoms. The van der Waals surface area contributed by atoms with E-state index in [4.69, 9.17) is 0 Å². The number of sulfone groups is 1. The Morgan fingerprint density at radius 3 is 2.50 bits per heavy atom. The van der Waals surface area contributed by atoms with Crippen LogP contribution in [0.2, 0.25) is 0 Å². The van der Waals surface area contributed by atoms with Crippen molar-refractivity contribution >= 4 is 20.9 Å². The van der Waals surface area contributed by atoms with E-state index < -0.39 is 27.7 Å². The van der Waals surface area contributed by atoms with Crippen molar-refractivity contribution < 1.29 is 26.0 Å². The SMILES string of the molecule is CCS(=O)(=O)c1ccc(F)nc1-c1nc2cc(C(F)(F)F)ncc2n1C. The maximum Gasteiger partial charge on any atom is 0.433 e. The van der Waals surface area contributed by atoms with Crippen molar-refractivity contribution in [1.29, 1.82) is 0 Å². The third kappa shape index (κ3) is 3.02. The van der Waals surface area contributed by atoms with E-state index in [1.165, 1.54) is 18.5 Å². The minimum atomic E-state index is -4.65. The molecule has 0 fully saturated rings. The number of alkyl halides is 3. The Morgan fingerprint density at radius 1 is 1.19 bits per heavy atom. The van der Waals surface area contributed by atoms with Crippen molar-refractivity contribution in [3.05, 3.63) is 36.0 Å². The number of aromatic nitrogens is 4. The van der Waals surface area contributed by atoms with Gasteiger partial charge in [-0.3, -0.25) is 0 Å². The van der Waals surface area contributed by atoms with Gasteiger partial charge in [0.25, 0.3) is 0 Å². The van der Waals surface area contributed by atoms with Crippen molar-refractivity contribution in [2.24, 2.45) is 7.05 Å². The Kier molecular flexibility index (Phi) is 4.21. The van der Waals surface area contributed by atoms with Gasteiger partial charge in [-0.1, -0.05) is 6.92 Å². The maximum absolute atomic E-state index is 13.6. The Balaban J connectivity index is 2.30. The third-order valence-corrected chi connectivity index (χ3v) is 5.57. The predicted octanol–water partition coefficient (Wildman–Crippen LogP) is 2.98. The summed E-state index contributed by atoms with van der Waals surface area (Å²) in [5, 5.41) is 0. The van der Waals surface area contributed by atoms with Crippen molar-refractivity contribution in [2.45, 2.75) is 18.0 Å². The van der Waals surface area contributed by atoms with Gasteiger partial charge in [0.1, 0.15) is 11.4 Å². The zero-order chi connectivity index (χ0) is 19.3. The summed E-state index contributed by atoms with van der Waals surface area (Å²) in [4.78, 5) is 10.8. The fourth-order valence-corrected chi connectivity index (χ4v) is 3.46. The van der Waals surface area contributed by atoms with E-state index in [0.29, 0.717) is 0 Å². The monoisotopic (exact) mass is 388 g/mol. The average molecular weight is 388 g/mol. The molecule has 0 radical (unpaired) electrons. The van der Waals surface area contributed by atoms with Gasteiger partial charge in [0.05, 0.1) is 27.9 Å². The Hall–Kier alpha value is -2.56. The Morgan fingerprint density at radius 2 is 1.88 bits per heavy atom. The van der Waals surface area contributed by atoms with Gasteiger partial charge in [0, 0.05) is 7.05 Å². The molecule has 0 aliphatic rings. The summed E-state index contributed by atoms with van der Waals surface area (Å²) in [6.45, 7) is 1.41. The van der Waals surface area contributed by atoms with E-state index in [-0.39, 0.29) is 33.2 Å². The zero-order valence-corrected chi connectivity index (χ0v) is 14.4. The van der Waals surface area contributed by atoms with E-state index >= 15 is 0 Å². The molecular weight excluding hydrogens is 376 g/mol. The number of rotatable bonds is 3. The third-order valence-electron chi connectivity index (χ3n) is 3.81. The molecule has 6 nitrogen and oxygen atoms in total. The fourth-order valence-electron chi connectivity index (χ4n) is 2.44. The molecule has 0 saturated heterocycles. The van der Waals surface area contributed by atoms with Crippen LogP contribution in [-0.4, -0.2) is 33.7 Å². The summed E-state index contributed by atoms with van der Waals surface area (Å²) in [5.41, 5.74) is -1.24. The fraction of sp³-hybridized carbons (Fsp3) is 0.267. The number of hydrogen-bond acceptors (Lipinski definition) is 5. The van der Waals surface area contributed by atoms with Crippen LogP contribution in [-0.2, 0) is 23.1 Å². The van der Waals surface area contributed by atoms with Gasteiger partial charge >= 0.3 is 6.18 Å². The predicted molar refractivity (Wildman–Crippen MR) is 84.4 cm³/mol. The van der Waals surface area contributed by atoms with Gasteiger partial charge in [-0.25, -0.2) is 23.4 Å². The zero-order valence-electron chi connectivity index (χ0n) is 13.5. The number of halogens is 4. The highest BCUT2D eigenvalue weighted by molar-refractivity contribution is 7.91. The van der Waals surface area contributed by atoms with E-state index in [1.54, 1.807) is 0 Å². The number of aryl methyl sites for hydroxylation is 1. The lowest BCUT2D eigenvalue weighted by Crippen LogP contribution is -2.09. The molecule has 0 aliphatic carbocycles. The van der Waals surface area contributed by atoms with E-state index in [2.05, 4.69) is 15.0 Å². The first-order valence-electron chi connectivity index (χ1n) is 7.34. The molecule has 0 bridgehead atoms. The first-order chi connectivity index (χ1) is 12.0. The highest BCUT2D eigenvalue weighted by Crippen LogP contribution is 2.32. The molecule has 3 rings (SSSR count). The lowest BCUT2D eigenvalue weighted by Gasteiger charge is -2.08. The molecule has 0 spiro atoms. The lowest BCUT2D eigenvalue weighted by molar-refractivity contribution is -0.141. The normalized spacial score (nSPS) is 12.7. The topological polar surface area (TPSA) is 77.7 Å². The average Bonchev–Trinajstić information content (AvgIpc) is 2.90. The highest BCUT2D eigenvalue weighted by Gasteiger charge is 2.33. The highest BCUT2D eigenvalue weighted by atomic mass is 32.2. The second kappa shape index (κ2) is 6.01. The van der Waals surface area contributed by atoms with Crippen LogP contribution in [0.3, 0.4) is 0 Å². The molecule has 3 aromatic heterocycles. The molecule has 3 heterocycles. The number of pyridine rings is 2. The van der Waals surface area contributed by atoms with E-state index in [1.807, 2.05) is 0 Å². The molecule has 0 aromatic carbocycles. The van der Waals surface area contributed by atoms with Crippen LogP contribution in [0.1, 0.15) is 12.6 Å². The first kappa shape index (κ1) is 18.2. The second-order valence-corrected chi connectivity index (χ2v) is 7.68. The van der Waals surface area contributed by atoms with Crippen molar-refractivity contribution in [2.75, 3.05) is 5.75 Å². The van der Waals surface area contributed by atoms with Gasteiger partial charge in [0.2, 0.25) is 5.95 Å². The maximum atomic E-state index is 13.6. The van der Waals surface area contributed by atoms with Crippen LogP contribution in [0.5, 0.6) is 0 Å². The van der Waals surface area contributed by atoms with Gasteiger partial charge in [0.15, 0.2) is 15.7 Å². The molecule has 0 amide bonds. The van der Waals surface area contributed by atoms with Gasteiger partial charge in [-0.2, -0.15) is 17.6 Å². The van der Waals surface area contributed by atoms with Crippen LogP contribution in [0.4, 0.5) is 17.6 Å². The van der Waals surface area contributed by atoms with E-state index in [0.717, 1.165) is 24.4 Å². The molecule has 138 valence electrons. The van der Waals surface area contributed by atoms with Crippen LogP contribution in [0.25, 0.3) is 22.6 Å². The molecule has 0 aliphatic heterocycles. The molecule has 0 saturated carbocycles. The van der Waals surface area contributed by atoms with E-state index in [9.17, 15) is 26.0 Å². The Labute approximate surface area is 145 Å². The van der Waals surface area contributed by atoms with Gasteiger partial charge in [-0.15, -0.1) is 0 Å². The standard InChI is InChI=1S/C15H12F4N4O2S/c1-3-26(24,25)10-4-5-12(16)22-13(10)14-21-8-6-11(15(17,18)19)20-7-9(8)23(14)2/h4-7H,3H2,1-2H3. The number of fused-ring (bicyclic) bond motifs is 1. The summed E-state index contributed by atoms with van der Waals surface area (Å²) < 4.78 is 77.9. The van der Waals surface area contributed by atoms with Crippen molar-refractivity contribution in [3.63, 3.8) is 0 Å². The molecule has 11 heteroatoms. The van der Waals surface area contributed by atoms with Crippen molar-refractivity contribution in [1.82, 2.24) is 19.5 Å².